The smallest absolute Gasteiger partial charge is 0.306 e. The minimum atomic E-state index is -0.776. The number of carbonyl (C=O) groups excluding carboxylic acids is 2. The third kappa shape index (κ3) is 32.1. The maximum atomic E-state index is 12.2. The van der Waals surface area contributed by atoms with Gasteiger partial charge in [0, 0.05) is 12.8 Å². The number of epoxide rings is 1. The zero-order chi connectivity index (χ0) is 37.7. The molecule has 1 aliphatic rings. The molecule has 1 heterocycles. The van der Waals surface area contributed by atoms with E-state index in [1.807, 2.05) is 0 Å². The molecule has 6 nitrogen and oxygen atoms in total. The molecular weight excluding hydrogens is 648 g/mol. The van der Waals surface area contributed by atoms with E-state index >= 15 is 0 Å². The van der Waals surface area contributed by atoms with E-state index in [9.17, 15) is 14.7 Å². The second-order valence-corrected chi connectivity index (χ2v) is 16.1. The van der Waals surface area contributed by atoms with Gasteiger partial charge in [-0.05, 0) is 44.4 Å². The summed E-state index contributed by atoms with van der Waals surface area (Å²) in [5.74, 6) is 0.313. The third-order valence-electron chi connectivity index (χ3n) is 11.0. The van der Waals surface area contributed by atoms with Crippen molar-refractivity contribution in [3.8, 4) is 0 Å². The van der Waals surface area contributed by atoms with Crippen LogP contribution in [0.25, 0.3) is 0 Å². The molecule has 0 bridgehead atoms. The maximum absolute atomic E-state index is 12.2. The van der Waals surface area contributed by atoms with E-state index in [1.165, 1.54) is 148 Å². The molecule has 6 heteroatoms. The van der Waals surface area contributed by atoms with Crippen molar-refractivity contribution in [2.45, 2.75) is 251 Å². The molecule has 0 aromatic rings. The quantitative estimate of drug-likeness (QED) is 0.0292. The monoisotopic (exact) mass is 735 g/mol. The first-order valence-corrected chi connectivity index (χ1v) is 22.8. The van der Waals surface area contributed by atoms with Crippen LogP contribution in [0.4, 0.5) is 0 Å². The number of aliphatic hydroxyl groups excluding tert-OH is 1. The number of hydrogen-bond donors (Lipinski definition) is 1. The van der Waals surface area contributed by atoms with E-state index in [0.717, 1.165) is 57.3 Å². The lowest BCUT2D eigenvalue weighted by molar-refractivity contribution is -0.161. The van der Waals surface area contributed by atoms with Crippen LogP contribution in [0.3, 0.4) is 0 Å². The van der Waals surface area contributed by atoms with Gasteiger partial charge in [-0.25, -0.2) is 0 Å². The number of unbranched alkanes of at least 4 members (excludes halogenated alkanes) is 24. The Hall–Kier alpha value is -1.40. The number of hydrogen-bond acceptors (Lipinski definition) is 6. The summed E-state index contributed by atoms with van der Waals surface area (Å²) in [6, 6.07) is 0. The van der Waals surface area contributed by atoms with Crippen molar-refractivity contribution < 1.29 is 28.9 Å². The topological polar surface area (TPSA) is 85.4 Å². The Morgan fingerprint density at radius 3 is 1.63 bits per heavy atom. The Morgan fingerprint density at radius 1 is 0.615 bits per heavy atom. The van der Waals surface area contributed by atoms with Gasteiger partial charge in [0.15, 0.2) is 6.10 Å². The summed E-state index contributed by atoms with van der Waals surface area (Å²) in [6.45, 7) is 6.52. The van der Waals surface area contributed by atoms with Gasteiger partial charge in [0.1, 0.15) is 6.61 Å². The highest BCUT2D eigenvalue weighted by Crippen LogP contribution is 2.30. The van der Waals surface area contributed by atoms with Crippen molar-refractivity contribution in [2.75, 3.05) is 13.2 Å². The lowest BCUT2D eigenvalue weighted by atomic mass is 9.99. The molecular formula is C46H86O6. The molecule has 0 aliphatic carbocycles. The first-order chi connectivity index (χ1) is 25.5. The van der Waals surface area contributed by atoms with Gasteiger partial charge in [0.25, 0.3) is 0 Å². The second-order valence-electron chi connectivity index (χ2n) is 16.1. The van der Waals surface area contributed by atoms with Gasteiger partial charge in [-0.3, -0.25) is 9.59 Å². The largest absolute Gasteiger partial charge is 0.462 e. The fourth-order valence-electron chi connectivity index (χ4n) is 7.07. The van der Waals surface area contributed by atoms with Crippen LogP contribution in [-0.4, -0.2) is 48.6 Å². The normalized spacial score (nSPS) is 16.7. The molecule has 0 saturated carbocycles. The minimum absolute atomic E-state index is 0.0718. The summed E-state index contributed by atoms with van der Waals surface area (Å²) in [6.07, 6.45) is 44.5. The molecule has 0 amide bonds. The molecule has 1 rings (SSSR count). The van der Waals surface area contributed by atoms with Crippen molar-refractivity contribution in [2.24, 2.45) is 5.92 Å². The van der Waals surface area contributed by atoms with Crippen molar-refractivity contribution in [1.82, 2.24) is 0 Å². The zero-order valence-electron chi connectivity index (χ0n) is 34.7. The summed E-state index contributed by atoms with van der Waals surface area (Å²) in [5, 5.41) is 9.59. The molecule has 1 saturated heterocycles. The Labute approximate surface area is 322 Å². The number of esters is 2. The fourth-order valence-corrected chi connectivity index (χ4v) is 7.07. The Bertz CT molecular complexity index is 828. The molecule has 1 N–H and O–H groups in total. The number of ether oxygens (including phenoxy) is 3. The molecule has 0 aromatic carbocycles. The van der Waals surface area contributed by atoms with Crippen molar-refractivity contribution in [3.63, 3.8) is 0 Å². The Balaban J connectivity index is 1.82. The summed E-state index contributed by atoms with van der Waals surface area (Å²) in [5.41, 5.74) is 0. The van der Waals surface area contributed by atoms with Crippen LogP contribution in [0.15, 0.2) is 12.2 Å². The van der Waals surface area contributed by atoms with Gasteiger partial charge >= 0.3 is 11.9 Å². The Morgan fingerprint density at radius 2 is 1.12 bits per heavy atom. The summed E-state index contributed by atoms with van der Waals surface area (Å²) in [7, 11) is 0. The van der Waals surface area contributed by atoms with Gasteiger partial charge in [0.05, 0.1) is 18.8 Å². The molecule has 0 spiro atoms. The standard InChI is InChI=1S/C46H86O6/c1-4-6-29-35-43-44(52-43)36-31-26-22-19-20-23-27-32-37-45(48)50-40-42(39-47)51-46(49)38-33-28-24-18-16-14-12-10-8-7-9-11-13-15-17-21-25-30-34-41(3)5-2/h26,31,41-44,47H,4-25,27-30,32-40H2,1-3H3/b31-26-/t41?,42-,43?,44?/m0/s1. The lowest BCUT2D eigenvalue weighted by Crippen LogP contribution is -2.28. The van der Waals surface area contributed by atoms with Crippen molar-refractivity contribution in [1.29, 1.82) is 0 Å². The van der Waals surface area contributed by atoms with Crippen LogP contribution < -0.4 is 0 Å². The van der Waals surface area contributed by atoms with Gasteiger partial charge < -0.3 is 19.3 Å². The molecule has 0 radical (unpaired) electrons. The van der Waals surface area contributed by atoms with E-state index < -0.39 is 6.10 Å². The van der Waals surface area contributed by atoms with Gasteiger partial charge in [-0.2, -0.15) is 0 Å². The highest BCUT2D eigenvalue weighted by Gasteiger charge is 2.36. The van der Waals surface area contributed by atoms with Gasteiger partial charge in [-0.15, -0.1) is 0 Å². The van der Waals surface area contributed by atoms with Crippen LogP contribution >= 0.6 is 0 Å². The fraction of sp³-hybridized carbons (Fsp3) is 0.913. The molecule has 52 heavy (non-hydrogen) atoms. The predicted octanol–water partition coefficient (Wildman–Crippen LogP) is 13.3. The summed E-state index contributed by atoms with van der Waals surface area (Å²) < 4.78 is 16.4. The van der Waals surface area contributed by atoms with Crippen LogP contribution in [0.5, 0.6) is 0 Å². The third-order valence-corrected chi connectivity index (χ3v) is 11.0. The number of allylic oxidation sites excluding steroid dienone is 1. The van der Waals surface area contributed by atoms with Crippen LogP contribution in [-0.2, 0) is 23.8 Å². The predicted molar refractivity (Wildman–Crippen MR) is 219 cm³/mol. The molecule has 1 aliphatic heterocycles. The van der Waals surface area contributed by atoms with E-state index in [1.54, 1.807) is 0 Å². The van der Waals surface area contributed by atoms with E-state index in [0.29, 0.717) is 25.0 Å². The van der Waals surface area contributed by atoms with E-state index in [4.69, 9.17) is 14.2 Å². The second kappa shape index (κ2) is 36.6. The molecule has 4 atom stereocenters. The Kier molecular flexibility index (Phi) is 34.2. The summed E-state index contributed by atoms with van der Waals surface area (Å²) in [4.78, 5) is 24.4. The summed E-state index contributed by atoms with van der Waals surface area (Å²) >= 11 is 0. The highest BCUT2D eigenvalue weighted by molar-refractivity contribution is 5.70. The van der Waals surface area contributed by atoms with Crippen LogP contribution in [0, 0.1) is 5.92 Å². The first-order valence-electron chi connectivity index (χ1n) is 22.8. The molecule has 306 valence electrons. The lowest BCUT2D eigenvalue weighted by Gasteiger charge is -2.15. The average Bonchev–Trinajstić information content (AvgIpc) is 3.90. The van der Waals surface area contributed by atoms with E-state index in [2.05, 4.69) is 32.9 Å². The van der Waals surface area contributed by atoms with Crippen molar-refractivity contribution in [3.05, 3.63) is 12.2 Å². The zero-order valence-corrected chi connectivity index (χ0v) is 34.7. The highest BCUT2D eigenvalue weighted by atomic mass is 16.6. The molecule has 3 unspecified atom stereocenters. The maximum Gasteiger partial charge on any atom is 0.306 e. The average molecular weight is 735 g/mol. The van der Waals surface area contributed by atoms with E-state index in [-0.39, 0.29) is 25.2 Å². The number of rotatable bonds is 40. The van der Waals surface area contributed by atoms with Crippen LogP contribution in [0.2, 0.25) is 0 Å². The number of carbonyl (C=O) groups is 2. The molecule has 0 aromatic heterocycles. The van der Waals surface area contributed by atoms with Gasteiger partial charge in [-0.1, -0.05) is 193 Å². The number of aliphatic hydroxyl groups is 1. The molecule has 1 fully saturated rings. The van der Waals surface area contributed by atoms with Crippen LogP contribution in [0.1, 0.15) is 233 Å². The van der Waals surface area contributed by atoms with Crippen molar-refractivity contribution >= 4 is 11.9 Å². The first kappa shape index (κ1) is 48.6. The SMILES string of the molecule is CCCCCC1OC1C/C=C\CCCCCCCC(=O)OC[C@H](CO)OC(=O)CCCCCCCCCCCCCCCCCCCCC(C)CC. The minimum Gasteiger partial charge on any atom is -0.462 e. The van der Waals surface area contributed by atoms with Gasteiger partial charge in [0.2, 0.25) is 0 Å².